The molecule has 20 heavy (non-hydrogen) atoms. The zero-order valence-electron chi connectivity index (χ0n) is 11.5. The number of benzene rings is 1. The summed E-state index contributed by atoms with van der Waals surface area (Å²) in [4.78, 5) is 12.1. The fraction of sp³-hybridized carbons (Fsp3) is 0.533. The van der Waals surface area contributed by atoms with Crippen molar-refractivity contribution in [3.05, 3.63) is 29.8 Å². The lowest BCUT2D eigenvalue weighted by atomic mass is 9.97. The molecule has 1 aromatic carbocycles. The third kappa shape index (κ3) is 3.49. The van der Waals surface area contributed by atoms with Crippen LogP contribution in [0.5, 0.6) is 5.75 Å². The number of nitrogens with two attached hydrogens (primary N) is 1. The Morgan fingerprint density at radius 2 is 1.90 bits per heavy atom. The van der Waals surface area contributed by atoms with Crippen LogP contribution in [0, 0.1) is 0 Å². The van der Waals surface area contributed by atoms with Gasteiger partial charge >= 0.3 is 0 Å². The van der Waals surface area contributed by atoms with Crippen LogP contribution in [0.15, 0.2) is 24.3 Å². The van der Waals surface area contributed by atoms with Crippen LogP contribution in [0.1, 0.15) is 31.2 Å². The molecule has 110 valence electrons. The van der Waals surface area contributed by atoms with E-state index in [9.17, 15) is 15.0 Å². The van der Waals surface area contributed by atoms with E-state index in [-0.39, 0.29) is 18.3 Å². The van der Waals surface area contributed by atoms with Gasteiger partial charge in [-0.3, -0.25) is 4.79 Å². The van der Waals surface area contributed by atoms with Gasteiger partial charge in [-0.05, 0) is 37.0 Å². The van der Waals surface area contributed by atoms with Gasteiger partial charge in [0.2, 0.25) is 5.91 Å². The van der Waals surface area contributed by atoms with Crippen LogP contribution < -0.4 is 11.1 Å². The molecule has 1 amide bonds. The van der Waals surface area contributed by atoms with Crippen molar-refractivity contribution >= 4 is 5.91 Å². The summed E-state index contributed by atoms with van der Waals surface area (Å²) in [6.07, 6.45) is 4.07. The van der Waals surface area contributed by atoms with Gasteiger partial charge in [-0.15, -0.1) is 0 Å². The van der Waals surface area contributed by atoms with Crippen LogP contribution >= 0.6 is 0 Å². The van der Waals surface area contributed by atoms with E-state index in [1.807, 2.05) is 0 Å². The topological polar surface area (TPSA) is 95.6 Å². The lowest BCUT2D eigenvalue weighted by Crippen LogP contribution is -2.54. The maximum Gasteiger partial charge on any atom is 0.237 e. The van der Waals surface area contributed by atoms with Gasteiger partial charge in [-0.2, -0.15) is 0 Å². The van der Waals surface area contributed by atoms with E-state index in [0.717, 1.165) is 31.2 Å². The Hall–Kier alpha value is -1.59. The second-order valence-electron chi connectivity index (χ2n) is 5.61. The number of amides is 1. The van der Waals surface area contributed by atoms with Crippen molar-refractivity contribution in [2.24, 2.45) is 5.73 Å². The minimum Gasteiger partial charge on any atom is -0.508 e. The van der Waals surface area contributed by atoms with E-state index >= 15 is 0 Å². The van der Waals surface area contributed by atoms with Crippen LogP contribution in [-0.4, -0.2) is 34.3 Å². The second-order valence-corrected chi connectivity index (χ2v) is 5.61. The first-order chi connectivity index (χ1) is 9.54. The fourth-order valence-corrected chi connectivity index (χ4v) is 2.71. The molecule has 0 saturated heterocycles. The number of aliphatic hydroxyl groups is 1. The molecule has 0 bridgehead atoms. The summed E-state index contributed by atoms with van der Waals surface area (Å²) >= 11 is 0. The number of aliphatic hydroxyl groups excluding tert-OH is 1. The third-order valence-corrected chi connectivity index (χ3v) is 3.98. The number of nitrogens with one attached hydrogen (secondary N) is 1. The Morgan fingerprint density at radius 1 is 1.30 bits per heavy atom. The highest BCUT2D eigenvalue weighted by Crippen LogP contribution is 2.29. The van der Waals surface area contributed by atoms with Crippen molar-refractivity contribution in [3.8, 4) is 5.75 Å². The molecule has 0 heterocycles. The van der Waals surface area contributed by atoms with Gasteiger partial charge in [0.05, 0.1) is 18.2 Å². The number of hydrogen-bond acceptors (Lipinski definition) is 4. The predicted molar refractivity (Wildman–Crippen MR) is 76.2 cm³/mol. The summed E-state index contributed by atoms with van der Waals surface area (Å²) in [5, 5.41) is 21.6. The number of phenolic OH excluding ortho intramolecular Hbond substituents is 1. The number of hydrogen-bond donors (Lipinski definition) is 4. The first-order valence-corrected chi connectivity index (χ1v) is 7.01. The molecule has 5 N–H and O–H groups in total. The van der Waals surface area contributed by atoms with Gasteiger partial charge in [-0.1, -0.05) is 25.0 Å². The van der Waals surface area contributed by atoms with Gasteiger partial charge in [-0.25, -0.2) is 0 Å². The highest BCUT2D eigenvalue weighted by atomic mass is 16.3. The molecule has 0 spiro atoms. The molecule has 2 rings (SSSR count). The van der Waals surface area contributed by atoms with Gasteiger partial charge in [0.15, 0.2) is 0 Å². The van der Waals surface area contributed by atoms with Crippen LogP contribution in [-0.2, 0) is 11.2 Å². The molecule has 1 aromatic rings. The van der Waals surface area contributed by atoms with Crippen LogP contribution in [0.4, 0.5) is 0 Å². The molecular formula is C15H22N2O3. The standard InChI is InChI=1S/C15H22N2O3/c16-13(9-11-3-5-12(19)6-4-11)14(20)17-15(10-18)7-1-2-8-15/h3-6,13,18-19H,1-2,7-10,16H2,(H,17,20)/t13-/m0/s1. The van der Waals surface area contributed by atoms with E-state index in [4.69, 9.17) is 5.73 Å². The Labute approximate surface area is 118 Å². The molecular weight excluding hydrogens is 256 g/mol. The summed E-state index contributed by atoms with van der Waals surface area (Å²) in [6, 6.07) is 6.00. The number of rotatable bonds is 5. The number of aromatic hydroxyl groups is 1. The third-order valence-electron chi connectivity index (χ3n) is 3.98. The minimum atomic E-state index is -0.649. The number of carbonyl (C=O) groups is 1. The zero-order chi connectivity index (χ0) is 14.6. The fourth-order valence-electron chi connectivity index (χ4n) is 2.71. The summed E-state index contributed by atoms with van der Waals surface area (Å²) in [5.74, 6) is -0.0361. The molecule has 1 fully saturated rings. The minimum absolute atomic E-state index is 0.0370. The lowest BCUT2D eigenvalue weighted by molar-refractivity contribution is -0.124. The van der Waals surface area contributed by atoms with Crippen molar-refractivity contribution < 1.29 is 15.0 Å². The Kier molecular flexibility index (Phi) is 4.62. The summed E-state index contributed by atoms with van der Waals surface area (Å²) in [6.45, 7) is -0.0370. The van der Waals surface area contributed by atoms with Crippen LogP contribution in [0.3, 0.4) is 0 Å². The van der Waals surface area contributed by atoms with E-state index in [1.54, 1.807) is 24.3 Å². The molecule has 1 saturated carbocycles. The molecule has 0 aromatic heterocycles. The molecule has 1 atom stereocenters. The highest BCUT2D eigenvalue weighted by molar-refractivity contribution is 5.82. The summed E-state index contributed by atoms with van der Waals surface area (Å²) in [5.41, 5.74) is 6.34. The van der Waals surface area contributed by atoms with Gasteiger partial charge < -0.3 is 21.3 Å². The normalized spacial score (nSPS) is 18.7. The molecule has 0 unspecified atom stereocenters. The quantitative estimate of drug-likeness (QED) is 0.637. The maximum absolute atomic E-state index is 12.1. The van der Waals surface area contributed by atoms with Gasteiger partial charge in [0, 0.05) is 0 Å². The largest absolute Gasteiger partial charge is 0.508 e. The van der Waals surface area contributed by atoms with Crippen LogP contribution in [0.25, 0.3) is 0 Å². The smallest absolute Gasteiger partial charge is 0.237 e. The van der Waals surface area contributed by atoms with E-state index in [0.29, 0.717) is 6.42 Å². The first kappa shape index (κ1) is 14.8. The highest BCUT2D eigenvalue weighted by Gasteiger charge is 2.35. The molecule has 5 nitrogen and oxygen atoms in total. The van der Waals surface area contributed by atoms with Crippen molar-refractivity contribution in [2.45, 2.75) is 43.7 Å². The maximum atomic E-state index is 12.1. The van der Waals surface area contributed by atoms with Crippen molar-refractivity contribution in [2.75, 3.05) is 6.61 Å². The van der Waals surface area contributed by atoms with E-state index in [1.165, 1.54) is 0 Å². The summed E-state index contributed by atoms with van der Waals surface area (Å²) in [7, 11) is 0. The van der Waals surface area contributed by atoms with E-state index in [2.05, 4.69) is 5.32 Å². The Balaban J connectivity index is 1.93. The zero-order valence-corrected chi connectivity index (χ0v) is 11.5. The van der Waals surface area contributed by atoms with Gasteiger partial charge in [0.1, 0.15) is 5.75 Å². The average Bonchev–Trinajstić information content (AvgIpc) is 2.90. The van der Waals surface area contributed by atoms with Crippen molar-refractivity contribution in [1.29, 1.82) is 0 Å². The van der Waals surface area contributed by atoms with Crippen LogP contribution in [0.2, 0.25) is 0 Å². The molecule has 1 aliphatic rings. The van der Waals surface area contributed by atoms with Crippen molar-refractivity contribution in [3.63, 3.8) is 0 Å². The number of phenols is 1. The second kappa shape index (κ2) is 6.24. The Morgan fingerprint density at radius 3 is 2.45 bits per heavy atom. The predicted octanol–water partition coefficient (Wildman–Crippen LogP) is 0.683. The SMILES string of the molecule is N[C@@H](Cc1ccc(O)cc1)C(=O)NC1(CO)CCCC1. The van der Waals surface area contributed by atoms with E-state index < -0.39 is 11.6 Å². The van der Waals surface area contributed by atoms with Gasteiger partial charge in [0.25, 0.3) is 0 Å². The summed E-state index contributed by atoms with van der Waals surface area (Å²) < 4.78 is 0. The lowest BCUT2D eigenvalue weighted by Gasteiger charge is -2.29. The molecule has 1 aliphatic carbocycles. The number of carbonyl (C=O) groups excluding carboxylic acids is 1. The molecule has 5 heteroatoms. The molecule has 0 radical (unpaired) electrons. The van der Waals surface area contributed by atoms with Crippen molar-refractivity contribution in [1.82, 2.24) is 5.32 Å². The monoisotopic (exact) mass is 278 g/mol. The molecule has 0 aliphatic heterocycles. The Bertz CT molecular complexity index is 453. The average molecular weight is 278 g/mol. The first-order valence-electron chi connectivity index (χ1n) is 7.01.